The van der Waals surface area contributed by atoms with Gasteiger partial charge in [0.1, 0.15) is 5.82 Å². The van der Waals surface area contributed by atoms with Crippen molar-refractivity contribution in [3.63, 3.8) is 0 Å². The number of aliphatic hydroxyl groups excluding tert-OH is 1. The first-order valence-electron chi connectivity index (χ1n) is 7.15. The quantitative estimate of drug-likeness (QED) is 0.855. The number of nitrogens with zero attached hydrogens (tertiary/aromatic N) is 2. The summed E-state index contributed by atoms with van der Waals surface area (Å²) in [6.07, 6.45) is 10.5. The van der Waals surface area contributed by atoms with Gasteiger partial charge in [0.05, 0.1) is 12.1 Å². The van der Waals surface area contributed by atoms with E-state index in [1.54, 1.807) is 0 Å². The summed E-state index contributed by atoms with van der Waals surface area (Å²) in [7, 11) is 2.07. The molecule has 1 atom stereocenters. The summed E-state index contributed by atoms with van der Waals surface area (Å²) < 4.78 is 2.13. The number of rotatable bonds is 4. The average molecular weight is 249 g/mol. The first kappa shape index (κ1) is 12.2. The molecule has 2 aliphatic rings. The van der Waals surface area contributed by atoms with Gasteiger partial charge < -0.3 is 15.0 Å². The van der Waals surface area contributed by atoms with Gasteiger partial charge in [0.2, 0.25) is 0 Å². The third-order valence-corrected chi connectivity index (χ3v) is 4.34. The lowest BCUT2D eigenvalue weighted by atomic mass is 9.92. The maximum Gasteiger partial charge on any atom is 0.125 e. The zero-order chi connectivity index (χ0) is 12.5. The zero-order valence-corrected chi connectivity index (χ0v) is 11.0. The molecular weight excluding hydrogens is 226 g/mol. The minimum absolute atomic E-state index is 0.0735. The molecule has 0 aromatic carbocycles. The van der Waals surface area contributed by atoms with Crippen LogP contribution >= 0.6 is 0 Å². The molecule has 4 heteroatoms. The molecule has 1 unspecified atom stereocenters. The lowest BCUT2D eigenvalue weighted by molar-refractivity contribution is 0.113. The van der Waals surface area contributed by atoms with Gasteiger partial charge in [-0.05, 0) is 44.4 Å². The SMILES string of the molecule is Cn1ccnc1C(NC1CCC(O)CC1)C1CC1. The Hall–Kier alpha value is -0.870. The Bertz CT molecular complexity index is 391. The van der Waals surface area contributed by atoms with Crippen LogP contribution in [0.25, 0.3) is 0 Å². The second kappa shape index (κ2) is 5.02. The van der Waals surface area contributed by atoms with E-state index >= 15 is 0 Å². The van der Waals surface area contributed by atoms with Crippen molar-refractivity contribution in [1.82, 2.24) is 14.9 Å². The Morgan fingerprint density at radius 3 is 2.56 bits per heavy atom. The second-order valence-electron chi connectivity index (χ2n) is 5.88. The van der Waals surface area contributed by atoms with E-state index in [-0.39, 0.29) is 6.10 Å². The van der Waals surface area contributed by atoms with Gasteiger partial charge in [0.25, 0.3) is 0 Å². The van der Waals surface area contributed by atoms with Crippen molar-refractivity contribution >= 4 is 0 Å². The maximum absolute atomic E-state index is 9.57. The minimum atomic E-state index is -0.0735. The van der Waals surface area contributed by atoms with Gasteiger partial charge in [-0.3, -0.25) is 0 Å². The molecule has 0 spiro atoms. The lowest BCUT2D eigenvalue weighted by Gasteiger charge is -2.30. The molecule has 2 aliphatic carbocycles. The third kappa shape index (κ3) is 2.59. The Balaban J connectivity index is 1.66. The third-order valence-electron chi connectivity index (χ3n) is 4.34. The first-order valence-corrected chi connectivity index (χ1v) is 7.15. The second-order valence-corrected chi connectivity index (χ2v) is 5.88. The van der Waals surface area contributed by atoms with E-state index in [1.165, 1.54) is 18.7 Å². The summed E-state index contributed by atoms with van der Waals surface area (Å²) in [6.45, 7) is 0. The van der Waals surface area contributed by atoms with Gasteiger partial charge in [0, 0.05) is 25.5 Å². The van der Waals surface area contributed by atoms with Crippen LogP contribution in [-0.2, 0) is 7.05 Å². The lowest BCUT2D eigenvalue weighted by Crippen LogP contribution is -2.38. The topological polar surface area (TPSA) is 50.1 Å². The van der Waals surface area contributed by atoms with E-state index in [4.69, 9.17) is 0 Å². The molecule has 1 aromatic heterocycles. The van der Waals surface area contributed by atoms with Crippen LogP contribution in [0.2, 0.25) is 0 Å². The molecule has 1 aromatic rings. The van der Waals surface area contributed by atoms with Gasteiger partial charge >= 0.3 is 0 Å². The predicted octanol–water partition coefficient (Wildman–Crippen LogP) is 1.76. The zero-order valence-electron chi connectivity index (χ0n) is 11.0. The Morgan fingerprint density at radius 1 is 1.28 bits per heavy atom. The van der Waals surface area contributed by atoms with E-state index in [0.717, 1.165) is 31.6 Å². The predicted molar refractivity (Wildman–Crippen MR) is 70.1 cm³/mol. The molecule has 2 saturated carbocycles. The molecule has 4 nitrogen and oxygen atoms in total. The molecular formula is C14H23N3O. The van der Waals surface area contributed by atoms with Crippen LogP contribution < -0.4 is 5.32 Å². The van der Waals surface area contributed by atoms with Crippen LogP contribution in [0.1, 0.15) is 50.4 Å². The molecule has 2 N–H and O–H groups in total. The fourth-order valence-corrected chi connectivity index (χ4v) is 3.02. The summed E-state index contributed by atoms with van der Waals surface area (Å²) in [5, 5.41) is 13.4. The maximum atomic E-state index is 9.57. The fourth-order valence-electron chi connectivity index (χ4n) is 3.02. The molecule has 3 rings (SSSR count). The number of imidazole rings is 1. The summed E-state index contributed by atoms with van der Waals surface area (Å²) in [5.74, 6) is 1.93. The number of aryl methyl sites for hydroxylation is 1. The highest BCUT2D eigenvalue weighted by molar-refractivity contribution is 5.05. The monoisotopic (exact) mass is 249 g/mol. The van der Waals surface area contributed by atoms with Gasteiger partial charge in [0.15, 0.2) is 0 Å². The first-order chi connectivity index (χ1) is 8.74. The standard InChI is InChI=1S/C14H23N3O/c1-17-9-8-15-14(17)13(10-2-3-10)16-11-4-6-12(18)7-5-11/h8-13,16,18H,2-7H2,1H3. The molecule has 0 radical (unpaired) electrons. The number of nitrogens with one attached hydrogen (secondary N) is 1. The van der Waals surface area contributed by atoms with Crippen molar-refractivity contribution in [3.8, 4) is 0 Å². The van der Waals surface area contributed by atoms with Crippen molar-refractivity contribution in [2.24, 2.45) is 13.0 Å². The van der Waals surface area contributed by atoms with Crippen molar-refractivity contribution in [2.75, 3.05) is 0 Å². The van der Waals surface area contributed by atoms with Crippen molar-refractivity contribution in [1.29, 1.82) is 0 Å². The van der Waals surface area contributed by atoms with Crippen molar-refractivity contribution < 1.29 is 5.11 Å². The summed E-state index contributed by atoms with van der Waals surface area (Å²) in [5.41, 5.74) is 0. The summed E-state index contributed by atoms with van der Waals surface area (Å²) in [4.78, 5) is 4.51. The minimum Gasteiger partial charge on any atom is -0.393 e. The van der Waals surface area contributed by atoms with Crippen molar-refractivity contribution in [3.05, 3.63) is 18.2 Å². The van der Waals surface area contributed by atoms with Crippen LogP contribution in [0.5, 0.6) is 0 Å². The van der Waals surface area contributed by atoms with Crippen LogP contribution in [0.3, 0.4) is 0 Å². The fraction of sp³-hybridized carbons (Fsp3) is 0.786. The highest BCUT2D eigenvalue weighted by Gasteiger charge is 2.36. The van der Waals surface area contributed by atoms with E-state index in [1.807, 2.05) is 12.4 Å². The molecule has 1 heterocycles. The number of aliphatic hydroxyl groups is 1. The molecule has 18 heavy (non-hydrogen) atoms. The smallest absolute Gasteiger partial charge is 0.125 e. The van der Waals surface area contributed by atoms with Crippen LogP contribution in [0.4, 0.5) is 0 Å². The highest BCUT2D eigenvalue weighted by Crippen LogP contribution is 2.41. The van der Waals surface area contributed by atoms with Crippen LogP contribution in [0.15, 0.2) is 12.4 Å². The number of aromatic nitrogens is 2. The van der Waals surface area contributed by atoms with Gasteiger partial charge in [-0.1, -0.05) is 0 Å². The van der Waals surface area contributed by atoms with Gasteiger partial charge in [-0.15, -0.1) is 0 Å². The normalized spacial score (nSPS) is 30.3. The number of hydrogen-bond donors (Lipinski definition) is 2. The molecule has 0 saturated heterocycles. The van der Waals surface area contributed by atoms with Gasteiger partial charge in [-0.2, -0.15) is 0 Å². The highest BCUT2D eigenvalue weighted by atomic mass is 16.3. The Morgan fingerprint density at radius 2 is 2.00 bits per heavy atom. The van der Waals surface area contributed by atoms with E-state index in [2.05, 4.69) is 21.9 Å². The van der Waals surface area contributed by atoms with Crippen LogP contribution in [-0.4, -0.2) is 26.8 Å². The summed E-state index contributed by atoms with van der Waals surface area (Å²) in [6, 6.07) is 0.959. The average Bonchev–Trinajstić information content (AvgIpc) is 3.12. The Labute approximate surface area is 108 Å². The largest absolute Gasteiger partial charge is 0.393 e. The van der Waals surface area contributed by atoms with E-state index in [9.17, 15) is 5.11 Å². The molecule has 2 fully saturated rings. The molecule has 0 bridgehead atoms. The number of hydrogen-bond acceptors (Lipinski definition) is 3. The molecule has 0 amide bonds. The Kier molecular flexibility index (Phi) is 3.39. The van der Waals surface area contributed by atoms with Crippen molar-refractivity contribution in [2.45, 2.75) is 56.7 Å². The molecule has 0 aliphatic heterocycles. The van der Waals surface area contributed by atoms with E-state index < -0.39 is 0 Å². The van der Waals surface area contributed by atoms with E-state index in [0.29, 0.717) is 12.1 Å². The van der Waals surface area contributed by atoms with Gasteiger partial charge in [-0.25, -0.2) is 4.98 Å². The summed E-state index contributed by atoms with van der Waals surface area (Å²) >= 11 is 0. The van der Waals surface area contributed by atoms with Crippen LogP contribution in [0, 0.1) is 5.92 Å². The molecule has 100 valence electrons.